The lowest BCUT2D eigenvalue weighted by molar-refractivity contribution is 0.0969. The highest BCUT2D eigenvalue weighted by Gasteiger charge is 2.25. The summed E-state index contributed by atoms with van der Waals surface area (Å²) in [5.41, 5.74) is 3.35. The lowest BCUT2D eigenvalue weighted by atomic mass is 9.85. The highest BCUT2D eigenvalue weighted by atomic mass is 16.1. The Kier molecular flexibility index (Phi) is 1.07. The van der Waals surface area contributed by atoms with Crippen LogP contribution in [0.1, 0.15) is 15.9 Å². The summed E-state index contributed by atoms with van der Waals surface area (Å²) in [6.45, 7) is 0. The average molecular weight is 171 g/mol. The van der Waals surface area contributed by atoms with Gasteiger partial charge in [0.15, 0.2) is 5.78 Å². The first-order valence-corrected chi connectivity index (χ1v) is 4.37. The van der Waals surface area contributed by atoms with E-state index in [1.54, 1.807) is 0 Å². The zero-order valence-corrected chi connectivity index (χ0v) is 7.37. The molecular weight excluding hydrogens is 162 g/mol. The monoisotopic (exact) mass is 171 g/mol. The second-order valence-corrected chi connectivity index (χ2v) is 3.55. The molecule has 0 radical (unpaired) electrons. The lowest BCUT2D eigenvalue weighted by Gasteiger charge is -2.17. The number of carbonyl (C=O) groups excluding carboxylic acids is 1. The second-order valence-electron chi connectivity index (χ2n) is 3.55. The molecule has 1 aromatic carbocycles. The molecule has 0 saturated carbocycles. The molecule has 64 valence electrons. The van der Waals surface area contributed by atoms with E-state index < -0.39 is 0 Å². The molecule has 2 nitrogen and oxygen atoms in total. The molecule has 0 N–H and O–H groups in total. The molecule has 0 amide bonds. The van der Waals surface area contributed by atoms with Gasteiger partial charge in [-0.3, -0.25) is 4.79 Å². The first kappa shape index (κ1) is 6.89. The maximum Gasteiger partial charge on any atom is 0.167 e. The number of ketones is 1. The van der Waals surface area contributed by atoms with Crippen molar-refractivity contribution >= 4 is 16.7 Å². The van der Waals surface area contributed by atoms with E-state index in [1.165, 1.54) is 16.5 Å². The van der Waals surface area contributed by atoms with Crippen LogP contribution in [-0.2, 0) is 13.5 Å². The Bertz CT molecular complexity index is 522. The van der Waals surface area contributed by atoms with Crippen molar-refractivity contribution in [3.8, 4) is 0 Å². The smallest absolute Gasteiger partial charge is 0.167 e. The molecule has 0 spiro atoms. The predicted octanol–water partition coefficient (Wildman–Crippen LogP) is 1.92. The van der Waals surface area contributed by atoms with Crippen molar-refractivity contribution in [2.24, 2.45) is 7.05 Å². The van der Waals surface area contributed by atoms with Gasteiger partial charge in [0, 0.05) is 36.1 Å². The minimum absolute atomic E-state index is 0.278. The van der Waals surface area contributed by atoms with Crippen molar-refractivity contribution in [1.29, 1.82) is 0 Å². The minimum Gasteiger partial charge on any atom is -0.351 e. The van der Waals surface area contributed by atoms with Crippen LogP contribution in [0.4, 0.5) is 0 Å². The molecule has 1 aliphatic rings. The second kappa shape index (κ2) is 2.02. The number of Topliss-reactive ketones (excluding diaryl/α,β-unsaturated/α-hetero) is 1. The summed E-state index contributed by atoms with van der Waals surface area (Å²) in [4.78, 5) is 11.2. The van der Waals surface area contributed by atoms with Crippen LogP contribution in [0, 0.1) is 0 Å². The normalized spacial score (nSPS) is 14.4. The third-order valence-electron chi connectivity index (χ3n) is 2.82. The molecule has 2 aromatic rings. The Hall–Kier alpha value is -1.57. The minimum atomic E-state index is 0.278. The van der Waals surface area contributed by atoms with E-state index in [0.29, 0.717) is 6.42 Å². The van der Waals surface area contributed by atoms with Gasteiger partial charge in [0.2, 0.25) is 0 Å². The van der Waals surface area contributed by atoms with Gasteiger partial charge in [0.1, 0.15) is 0 Å². The van der Waals surface area contributed by atoms with Crippen molar-refractivity contribution in [2.75, 3.05) is 0 Å². The molecule has 0 saturated heterocycles. The van der Waals surface area contributed by atoms with Crippen molar-refractivity contribution in [3.63, 3.8) is 0 Å². The number of benzene rings is 1. The third-order valence-corrected chi connectivity index (χ3v) is 2.82. The molecule has 0 unspecified atom stereocenters. The quantitative estimate of drug-likeness (QED) is 0.593. The fraction of sp³-hybridized carbons (Fsp3) is 0.182. The fourth-order valence-electron chi connectivity index (χ4n) is 2.01. The van der Waals surface area contributed by atoms with Gasteiger partial charge in [-0.2, -0.15) is 0 Å². The molecular formula is C11H9NO. The molecule has 13 heavy (non-hydrogen) atoms. The molecule has 1 aliphatic carbocycles. The molecule has 0 bridgehead atoms. The molecule has 0 fully saturated rings. The first-order valence-electron chi connectivity index (χ1n) is 4.37. The van der Waals surface area contributed by atoms with Crippen molar-refractivity contribution in [2.45, 2.75) is 6.42 Å². The number of rotatable bonds is 0. The summed E-state index contributed by atoms with van der Waals surface area (Å²) in [5.74, 6) is 0.278. The number of carbonyl (C=O) groups is 1. The van der Waals surface area contributed by atoms with Crippen LogP contribution in [0.3, 0.4) is 0 Å². The summed E-state index contributed by atoms with van der Waals surface area (Å²) in [7, 11) is 2.02. The predicted molar refractivity (Wildman–Crippen MR) is 51.0 cm³/mol. The van der Waals surface area contributed by atoms with E-state index in [4.69, 9.17) is 0 Å². The van der Waals surface area contributed by atoms with E-state index >= 15 is 0 Å². The Morgan fingerprint density at radius 3 is 2.92 bits per heavy atom. The van der Waals surface area contributed by atoms with Gasteiger partial charge in [-0.05, 0) is 23.8 Å². The first-order chi connectivity index (χ1) is 6.27. The molecule has 3 rings (SSSR count). The van der Waals surface area contributed by atoms with Gasteiger partial charge in [-0.25, -0.2) is 0 Å². The Morgan fingerprint density at radius 2 is 2.15 bits per heavy atom. The maximum absolute atomic E-state index is 11.2. The van der Waals surface area contributed by atoms with Gasteiger partial charge in [-0.1, -0.05) is 0 Å². The zero-order chi connectivity index (χ0) is 9.00. The Labute approximate surface area is 75.8 Å². The van der Waals surface area contributed by atoms with Crippen LogP contribution in [0.2, 0.25) is 0 Å². The van der Waals surface area contributed by atoms with E-state index in [2.05, 4.69) is 10.6 Å². The third kappa shape index (κ3) is 0.705. The van der Waals surface area contributed by atoms with Crippen LogP contribution in [-0.4, -0.2) is 10.4 Å². The van der Waals surface area contributed by atoms with Crippen molar-refractivity contribution < 1.29 is 4.79 Å². The maximum atomic E-state index is 11.2. The van der Waals surface area contributed by atoms with Gasteiger partial charge in [0.05, 0.1) is 0 Å². The number of hydrogen-bond acceptors (Lipinski definition) is 1. The summed E-state index contributed by atoms with van der Waals surface area (Å²) in [6, 6.07) is 6.04. The molecule has 1 aromatic heterocycles. The highest BCUT2D eigenvalue weighted by molar-refractivity contribution is 6.12. The number of nitrogens with zero attached hydrogens (tertiary/aromatic N) is 1. The van der Waals surface area contributed by atoms with Gasteiger partial charge in [0.25, 0.3) is 0 Å². The van der Waals surface area contributed by atoms with E-state index in [1.807, 2.05) is 25.4 Å². The highest BCUT2D eigenvalue weighted by Crippen LogP contribution is 2.31. The SMILES string of the molecule is Cn1ccc2c3c(ccc21)C(=O)C3. The summed E-state index contributed by atoms with van der Waals surface area (Å²) in [6.07, 6.45) is 2.66. The molecule has 0 atom stereocenters. The zero-order valence-electron chi connectivity index (χ0n) is 7.37. The van der Waals surface area contributed by atoms with Gasteiger partial charge >= 0.3 is 0 Å². The molecule has 0 aliphatic heterocycles. The topological polar surface area (TPSA) is 22.0 Å². The number of aryl methyl sites for hydroxylation is 1. The summed E-state index contributed by atoms with van der Waals surface area (Å²) in [5, 5.41) is 1.24. The Morgan fingerprint density at radius 1 is 1.31 bits per heavy atom. The largest absolute Gasteiger partial charge is 0.351 e. The van der Waals surface area contributed by atoms with Crippen molar-refractivity contribution in [1.82, 2.24) is 4.57 Å². The van der Waals surface area contributed by atoms with Crippen LogP contribution < -0.4 is 0 Å². The van der Waals surface area contributed by atoms with Crippen LogP contribution in [0.15, 0.2) is 24.4 Å². The number of fused-ring (bicyclic) bond motifs is 3. The van der Waals surface area contributed by atoms with Crippen LogP contribution >= 0.6 is 0 Å². The van der Waals surface area contributed by atoms with E-state index in [0.717, 1.165) is 5.56 Å². The van der Waals surface area contributed by atoms with Crippen LogP contribution in [0.25, 0.3) is 10.9 Å². The number of aromatic nitrogens is 1. The van der Waals surface area contributed by atoms with Crippen molar-refractivity contribution in [3.05, 3.63) is 35.5 Å². The number of hydrogen-bond donors (Lipinski definition) is 0. The summed E-state index contributed by atoms with van der Waals surface area (Å²) < 4.78 is 2.08. The molecule has 2 heteroatoms. The van der Waals surface area contributed by atoms with Crippen LogP contribution in [0.5, 0.6) is 0 Å². The van der Waals surface area contributed by atoms with E-state index in [9.17, 15) is 4.79 Å². The Balaban J connectivity index is 2.46. The summed E-state index contributed by atoms with van der Waals surface area (Å²) >= 11 is 0. The van der Waals surface area contributed by atoms with E-state index in [-0.39, 0.29) is 5.78 Å². The fourth-order valence-corrected chi connectivity index (χ4v) is 2.01. The van der Waals surface area contributed by atoms with Gasteiger partial charge in [-0.15, -0.1) is 0 Å². The molecule has 1 heterocycles. The van der Waals surface area contributed by atoms with Gasteiger partial charge < -0.3 is 4.57 Å². The lowest BCUT2D eigenvalue weighted by Crippen LogP contribution is -2.18. The standard InChI is InChI=1S/C11H9NO/c1-12-5-4-7-9-6-11(13)8(9)2-3-10(7)12/h2-5H,6H2,1H3. The average Bonchev–Trinajstić information content (AvgIpc) is 2.46.